The molecular weight excluding hydrogens is 584 g/mol. The van der Waals surface area contributed by atoms with Crippen molar-refractivity contribution in [3.05, 3.63) is 84.7 Å². The maximum absolute atomic E-state index is 12.9. The van der Waals surface area contributed by atoms with Crippen molar-refractivity contribution in [2.75, 3.05) is 37.6 Å². The van der Waals surface area contributed by atoms with Gasteiger partial charge in [-0.25, -0.2) is 8.42 Å². The normalized spacial score (nSPS) is 22.7. The van der Waals surface area contributed by atoms with E-state index in [4.69, 9.17) is 4.74 Å². The van der Waals surface area contributed by atoms with Gasteiger partial charge in [0.2, 0.25) is 9.84 Å². The van der Waals surface area contributed by atoms with Crippen LogP contribution < -0.4 is 4.90 Å². The second kappa shape index (κ2) is 13.3. The molecule has 3 aromatic rings. The molecule has 2 aromatic carbocycles. The Hall–Kier alpha value is -3.74. The van der Waals surface area contributed by atoms with Crippen molar-refractivity contribution in [3.8, 4) is 6.07 Å². The maximum Gasteiger partial charge on any atom is 0.305 e. The minimum Gasteiger partial charge on any atom is -0.462 e. The lowest BCUT2D eigenvalue weighted by molar-refractivity contribution is -0.151. The van der Waals surface area contributed by atoms with Crippen molar-refractivity contribution in [1.82, 2.24) is 9.88 Å². The van der Waals surface area contributed by atoms with E-state index in [0.29, 0.717) is 12.3 Å². The number of carbonyl (C=O) groups is 1. The first kappa shape index (κ1) is 31.3. The highest BCUT2D eigenvalue weighted by atomic mass is 32.2. The van der Waals surface area contributed by atoms with Crippen LogP contribution in [-0.2, 0) is 24.8 Å². The molecule has 8 nitrogen and oxygen atoms in total. The van der Waals surface area contributed by atoms with Gasteiger partial charge >= 0.3 is 5.97 Å². The average molecular weight is 627 g/mol. The number of hydrogen-bond acceptors (Lipinski definition) is 8. The van der Waals surface area contributed by atoms with Crippen LogP contribution in [0.1, 0.15) is 51.0 Å². The third-order valence-corrected chi connectivity index (χ3v) is 12.0. The Bertz CT molecular complexity index is 1600. The summed E-state index contributed by atoms with van der Waals surface area (Å²) in [4.78, 5) is 21.6. The highest BCUT2D eigenvalue weighted by molar-refractivity contribution is 7.91. The Morgan fingerprint density at radius 3 is 2.27 bits per heavy atom. The van der Waals surface area contributed by atoms with Gasteiger partial charge in [0.25, 0.3) is 0 Å². The van der Waals surface area contributed by atoms with Crippen molar-refractivity contribution in [1.29, 1.82) is 5.26 Å². The molecule has 3 aliphatic rings. The Kier molecular flexibility index (Phi) is 9.25. The summed E-state index contributed by atoms with van der Waals surface area (Å²) >= 11 is 0. The van der Waals surface area contributed by atoms with Crippen LogP contribution in [0.4, 0.5) is 5.69 Å². The summed E-state index contributed by atoms with van der Waals surface area (Å²) in [5.74, 6) is 0.571. The number of likely N-dealkylation sites (tertiary alicyclic amines) is 1. The first-order chi connectivity index (χ1) is 21.8. The van der Waals surface area contributed by atoms with Crippen molar-refractivity contribution in [2.24, 2.45) is 17.8 Å². The number of rotatable bonds is 10. The zero-order valence-corrected chi connectivity index (χ0v) is 26.7. The van der Waals surface area contributed by atoms with Gasteiger partial charge < -0.3 is 14.5 Å². The Labute approximate surface area is 266 Å². The van der Waals surface area contributed by atoms with E-state index in [0.717, 1.165) is 76.1 Å². The summed E-state index contributed by atoms with van der Waals surface area (Å²) in [6.45, 7) is 6.62. The molecule has 0 N–H and O–H groups in total. The maximum atomic E-state index is 12.9. The molecule has 0 spiro atoms. The molecule has 1 aliphatic carbocycles. The van der Waals surface area contributed by atoms with Gasteiger partial charge in [0.05, 0.1) is 21.3 Å². The Balaban J connectivity index is 1.07. The molecule has 45 heavy (non-hydrogen) atoms. The molecule has 0 bridgehead atoms. The first-order valence-corrected chi connectivity index (χ1v) is 17.7. The van der Waals surface area contributed by atoms with E-state index in [-0.39, 0.29) is 33.7 Å². The number of hydrogen-bond donors (Lipinski definition) is 0. The second-order valence-corrected chi connectivity index (χ2v) is 14.7. The van der Waals surface area contributed by atoms with Crippen molar-refractivity contribution >= 4 is 21.5 Å². The highest BCUT2D eigenvalue weighted by Crippen LogP contribution is 2.51. The number of ether oxygens (including phenoxy) is 1. The number of esters is 1. The lowest BCUT2D eigenvalue weighted by Crippen LogP contribution is -2.54. The standard InChI is InChI=1S/C36H42N4O4S/c1-2-35(41)44-34-10-6-9-33(34)36(26-37,28-7-4-3-5-8-28)29-17-21-39(22-18-29)23-27-24-40(25-27)30-11-13-31(14-12-30)45(42,43)32-15-19-38-20-16-32/h3-5,7-8,11-16,19-20,27,29,33-34H,2,6,9-10,17-18,21-25H2,1H3/t33-,34-,36?/m0/s1. The molecule has 9 heteroatoms. The predicted molar refractivity (Wildman–Crippen MR) is 172 cm³/mol. The van der Waals surface area contributed by atoms with Gasteiger partial charge in [0, 0.05) is 56.0 Å². The number of aromatic nitrogens is 1. The van der Waals surface area contributed by atoms with Crippen LogP contribution in [0.15, 0.2) is 88.9 Å². The van der Waals surface area contributed by atoms with Crippen LogP contribution in [0.5, 0.6) is 0 Å². The van der Waals surface area contributed by atoms with Crippen LogP contribution in [0.3, 0.4) is 0 Å². The molecule has 2 saturated heterocycles. The minimum atomic E-state index is -3.56. The zero-order valence-electron chi connectivity index (χ0n) is 25.9. The van der Waals surface area contributed by atoms with Crippen LogP contribution in [0, 0.1) is 29.1 Å². The molecule has 3 atom stereocenters. The van der Waals surface area contributed by atoms with Crippen LogP contribution in [0.2, 0.25) is 0 Å². The minimum absolute atomic E-state index is 0.00298. The van der Waals surface area contributed by atoms with Crippen LogP contribution >= 0.6 is 0 Å². The third kappa shape index (κ3) is 6.23. The molecule has 1 aromatic heterocycles. The summed E-state index contributed by atoms with van der Waals surface area (Å²) in [5.41, 5.74) is 1.42. The lowest BCUT2D eigenvalue weighted by atomic mass is 9.59. The van der Waals surface area contributed by atoms with Crippen LogP contribution in [-0.4, -0.2) is 63.1 Å². The van der Waals surface area contributed by atoms with Crippen LogP contribution in [0.25, 0.3) is 0 Å². The van der Waals surface area contributed by atoms with E-state index in [1.54, 1.807) is 12.1 Å². The van der Waals surface area contributed by atoms with E-state index in [1.165, 1.54) is 24.5 Å². The van der Waals surface area contributed by atoms with E-state index in [1.807, 2.05) is 37.3 Å². The fourth-order valence-electron chi connectivity index (χ4n) is 7.87. The van der Waals surface area contributed by atoms with Gasteiger partial charge in [0.1, 0.15) is 6.10 Å². The summed E-state index contributed by atoms with van der Waals surface area (Å²) in [5, 5.41) is 10.9. The third-order valence-electron chi connectivity index (χ3n) is 10.2. The predicted octanol–water partition coefficient (Wildman–Crippen LogP) is 5.65. The number of piperidine rings is 1. The lowest BCUT2D eigenvalue weighted by Gasteiger charge is -2.48. The molecule has 1 unspecified atom stereocenters. The number of nitriles is 1. The number of benzene rings is 2. The molecule has 3 fully saturated rings. The number of nitrogens with zero attached hydrogens (tertiary/aromatic N) is 4. The van der Waals surface area contributed by atoms with E-state index in [9.17, 15) is 18.5 Å². The quantitative estimate of drug-likeness (QED) is 0.266. The molecule has 3 heterocycles. The van der Waals surface area contributed by atoms with E-state index < -0.39 is 15.3 Å². The fourth-order valence-corrected chi connectivity index (χ4v) is 9.11. The second-order valence-electron chi connectivity index (χ2n) is 12.8. The van der Waals surface area contributed by atoms with Crippen molar-refractivity contribution < 1.29 is 17.9 Å². The zero-order chi connectivity index (χ0) is 31.4. The molecule has 6 rings (SSSR count). The molecule has 2 aliphatic heterocycles. The molecule has 1 saturated carbocycles. The van der Waals surface area contributed by atoms with Gasteiger partial charge in [-0.05, 0) is 93.1 Å². The van der Waals surface area contributed by atoms with Gasteiger partial charge in [-0.2, -0.15) is 5.26 Å². The number of pyridine rings is 1. The van der Waals surface area contributed by atoms with Gasteiger partial charge in [-0.15, -0.1) is 0 Å². The molecule has 0 radical (unpaired) electrons. The SMILES string of the molecule is CCC(=O)O[C@H]1CCC[C@@H]1C(C#N)(c1ccccc1)C1CCN(CC2CN(c3ccc(S(=O)(=O)c4ccncc4)cc3)C2)CC1. The summed E-state index contributed by atoms with van der Waals surface area (Å²) in [7, 11) is -3.56. The highest BCUT2D eigenvalue weighted by Gasteiger charge is 2.53. The fraction of sp³-hybridized carbons (Fsp3) is 0.472. The number of carbonyl (C=O) groups excluding carboxylic acids is 1. The topological polar surface area (TPSA) is 104 Å². The Morgan fingerprint density at radius 2 is 1.62 bits per heavy atom. The summed E-state index contributed by atoms with van der Waals surface area (Å²) < 4.78 is 31.8. The van der Waals surface area contributed by atoms with E-state index >= 15 is 0 Å². The number of anilines is 1. The van der Waals surface area contributed by atoms with Crippen molar-refractivity contribution in [3.63, 3.8) is 0 Å². The molecular formula is C36H42N4O4S. The van der Waals surface area contributed by atoms with Gasteiger partial charge in [-0.3, -0.25) is 9.78 Å². The smallest absolute Gasteiger partial charge is 0.305 e. The summed E-state index contributed by atoms with van der Waals surface area (Å²) in [6.07, 6.45) is 7.71. The summed E-state index contributed by atoms with van der Waals surface area (Å²) in [6, 6.07) is 23.3. The monoisotopic (exact) mass is 626 g/mol. The average Bonchev–Trinajstić information content (AvgIpc) is 3.53. The largest absolute Gasteiger partial charge is 0.462 e. The van der Waals surface area contributed by atoms with Gasteiger partial charge in [0.15, 0.2) is 0 Å². The van der Waals surface area contributed by atoms with E-state index in [2.05, 4.69) is 33.0 Å². The van der Waals surface area contributed by atoms with Gasteiger partial charge in [-0.1, -0.05) is 37.3 Å². The first-order valence-electron chi connectivity index (χ1n) is 16.2. The molecule has 236 valence electrons. The molecule has 0 amide bonds. The van der Waals surface area contributed by atoms with Crippen molar-refractivity contribution in [2.45, 2.75) is 66.8 Å². The Morgan fingerprint density at radius 1 is 0.956 bits per heavy atom. The number of sulfone groups is 1.